The van der Waals surface area contributed by atoms with Crippen LogP contribution in [0, 0.1) is 0 Å². The van der Waals surface area contributed by atoms with E-state index >= 15 is 0 Å². The van der Waals surface area contributed by atoms with Gasteiger partial charge in [-0.05, 0) is 29.1 Å². The second-order valence-corrected chi connectivity index (χ2v) is 5.30. The number of alkyl halides is 1. The molecule has 0 bridgehead atoms. The van der Waals surface area contributed by atoms with Gasteiger partial charge in [0.2, 0.25) is 0 Å². The zero-order valence-corrected chi connectivity index (χ0v) is 10.3. The smallest absolute Gasteiger partial charge is 0.0633 e. The second-order valence-electron chi connectivity index (χ2n) is 3.30. The Bertz CT molecular complexity index is 406. The summed E-state index contributed by atoms with van der Waals surface area (Å²) >= 11 is 13.9. The standard InChI is InChI=1S/C12H10Cl2S/c13-10-5-3-9(4-6-10)12(14)8-11-2-1-7-15-11/h1-7,12H,8H2. The molecule has 0 nitrogen and oxygen atoms in total. The summed E-state index contributed by atoms with van der Waals surface area (Å²) in [5, 5.41) is 2.85. The predicted molar refractivity (Wildman–Crippen MR) is 68.1 cm³/mol. The first-order valence-corrected chi connectivity index (χ1v) is 6.37. The monoisotopic (exact) mass is 256 g/mol. The Labute approximate surface area is 103 Å². The first kappa shape index (κ1) is 11.0. The maximum Gasteiger partial charge on any atom is 0.0633 e. The normalized spacial score (nSPS) is 12.7. The van der Waals surface area contributed by atoms with E-state index in [0.29, 0.717) is 0 Å². The molecule has 0 radical (unpaired) electrons. The second kappa shape index (κ2) is 5.02. The average Bonchev–Trinajstić information content (AvgIpc) is 2.71. The highest BCUT2D eigenvalue weighted by Crippen LogP contribution is 2.27. The van der Waals surface area contributed by atoms with E-state index in [1.54, 1.807) is 11.3 Å². The van der Waals surface area contributed by atoms with Crippen LogP contribution in [-0.2, 0) is 6.42 Å². The summed E-state index contributed by atoms with van der Waals surface area (Å²) in [5.74, 6) is 0. The van der Waals surface area contributed by atoms with Crippen LogP contribution < -0.4 is 0 Å². The summed E-state index contributed by atoms with van der Waals surface area (Å²) in [4.78, 5) is 1.31. The molecule has 0 saturated heterocycles. The van der Waals surface area contributed by atoms with Gasteiger partial charge in [-0.15, -0.1) is 22.9 Å². The molecule has 1 atom stereocenters. The van der Waals surface area contributed by atoms with Crippen molar-refractivity contribution in [1.29, 1.82) is 0 Å². The molecule has 0 saturated carbocycles. The van der Waals surface area contributed by atoms with E-state index in [4.69, 9.17) is 23.2 Å². The summed E-state index contributed by atoms with van der Waals surface area (Å²) in [6, 6.07) is 11.9. The van der Waals surface area contributed by atoms with Crippen LogP contribution in [-0.4, -0.2) is 0 Å². The number of hydrogen-bond donors (Lipinski definition) is 0. The van der Waals surface area contributed by atoms with Crippen LogP contribution in [0.1, 0.15) is 15.8 Å². The molecule has 0 aliphatic heterocycles. The number of rotatable bonds is 3. The van der Waals surface area contributed by atoms with Gasteiger partial charge in [0.1, 0.15) is 0 Å². The van der Waals surface area contributed by atoms with Gasteiger partial charge in [0.25, 0.3) is 0 Å². The molecule has 1 unspecified atom stereocenters. The van der Waals surface area contributed by atoms with Crippen molar-refractivity contribution in [2.75, 3.05) is 0 Å². The van der Waals surface area contributed by atoms with Gasteiger partial charge in [0.15, 0.2) is 0 Å². The van der Waals surface area contributed by atoms with Crippen molar-refractivity contribution in [3.8, 4) is 0 Å². The minimum absolute atomic E-state index is 0.0286. The predicted octanol–water partition coefficient (Wildman–Crippen LogP) is 4.92. The van der Waals surface area contributed by atoms with Crippen LogP contribution in [0.25, 0.3) is 0 Å². The molecule has 1 aromatic heterocycles. The van der Waals surface area contributed by atoms with E-state index in [2.05, 4.69) is 11.4 Å². The van der Waals surface area contributed by atoms with E-state index in [9.17, 15) is 0 Å². The lowest BCUT2D eigenvalue weighted by atomic mass is 10.1. The molecule has 0 N–H and O–H groups in total. The van der Waals surface area contributed by atoms with Crippen LogP contribution in [0.5, 0.6) is 0 Å². The van der Waals surface area contributed by atoms with Gasteiger partial charge in [-0.1, -0.05) is 29.8 Å². The summed E-state index contributed by atoms with van der Waals surface area (Å²) in [6.45, 7) is 0. The van der Waals surface area contributed by atoms with Crippen molar-refractivity contribution in [2.45, 2.75) is 11.8 Å². The molecule has 0 amide bonds. The fourth-order valence-electron chi connectivity index (χ4n) is 1.39. The zero-order valence-electron chi connectivity index (χ0n) is 7.99. The SMILES string of the molecule is Clc1ccc(C(Cl)Cc2cccs2)cc1. The Morgan fingerprint density at radius 2 is 1.87 bits per heavy atom. The molecular weight excluding hydrogens is 247 g/mol. The van der Waals surface area contributed by atoms with E-state index in [1.807, 2.05) is 30.3 Å². The van der Waals surface area contributed by atoms with E-state index < -0.39 is 0 Å². The minimum Gasteiger partial charge on any atom is -0.149 e. The van der Waals surface area contributed by atoms with Crippen molar-refractivity contribution in [3.63, 3.8) is 0 Å². The third-order valence-electron chi connectivity index (χ3n) is 2.19. The first-order chi connectivity index (χ1) is 7.25. The quantitative estimate of drug-likeness (QED) is 0.684. The van der Waals surface area contributed by atoms with Crippen LogP contribution in [0.15, 0.2) is 41.8 Å². The number of hydrogen-bond acceptors (Lipinski definition) is 1. The number of benzene rings is 1. The van der Waals surface area contributed by atoms with Crippen LogP contribution in [0.2, 0.25) is 5.02 Å². The largest absolute Gasteiger partial charge is 0.149 e. The van der Waals surface area contributed by atoms with E-state index in [-0.39, 0.29) is 5.38 Å². The van der Waals surface area contributed by atoms with Crippen molar-refractivity contribution in [3.05, 3.63) is 57.2 Å². The van der Waals surface area contributed by atoms with Gasteiger partial charge < -0.3 is 0 Å². The first-order valence-electron chi connectivity index (χ1n) is 4.67. The molecule has 1 heterocycles. The molecule has 2 aromatic rings. The molecule has 15 heavy (non-hydrogen) atoms. The van der Waals surface area contributed by atoms with Gasteiger partial charge in [0.05, 0.1) is 5.38 Å². The van der Waals surface area contributed by atoms with Crippen molar-refractivity contribution < 1.29 is 0 Å². The maximum absolute atomic E-state index is 6.31. The van der Waals surface area contributed by atoms with Gasteiger partial charge in [0, 0.05) is 16.3 Å². The Hall–Kier alpha value is -0.500. The van der Waals surface area contributed by atoms with E-state index in [1.165, 1.54) is 4.88 Å². The highest BCUT2D eigenvalue weighted by Gasteiger charge is 2.09. The maximum atomic E-state index is 6.31. The minimum atomic E-state index is 0.0286. The third-order valence-corrected chi connectivity index (χ3v) is 3.75. The van der Waals surface area contributed by atoms with Crippen molar-refractivity contribution >= 4 is 34.5 Å². The topological polar surface area (TPSA) is 0 Å². The average molecular weight is 257 g/mol. The third kappa shape index (κ3) is 2.97. The molecule has 0 spiro atoms. The Balaban J connectivity index is 2.08. The molecule has 2 rings (SSSR count). The molecular formula is C12H10Cl2S. The van der Waals surface area contributed by atoms with E-state index in [0.717, 1.165) is 17.0 Å². The molecule has 3 heteroatoms. The lowest BCUT2D eigenvalue weighted by Crippen LogP contribution is -1.93. The number of halogens is 2. The van der Waals surface area contributed by atoms with Gasteiger partial charge in [-0.3, -0.25) is 0 Å². The molecule has 0 fully saturated rings. The summed E-state index contributed by atoms with van der Waals surface area (Å²) < 4.78 is 0. The number of thiophene rings is 1. The zero-order chi connectivity index (χ0) is 10.7. The fourth-order valence-corrected chi connectivity index (χ4v) is 2.68. The molecule has 78 valence electrons. The van der Waals surface area contributed by atoms with Gasteiger partial charge in [-0.2, -0.15) is 0 Å². The lowest BCUT2D eigenvalue weighted by molar-refractivity contribution is 0.938. The van der Waals surface area contributed by atoms with Gasteiger partial charge in [-0.25, -0.2) is 0 Å². The van der Waals surface area contributed by atoms with Crippen LogP contribution >= 0.6 is 34.5 Å². The molecule has 1 aromatic carbocycles. The van der Waals surface area contributed by atoms with Gasteiger partial charge >= 0.3 is 0 Å². The molecule has 0 aliphatic carbocycles. The summed E-state index contributed by atoms with van der Waals surface area (Å²) in [7, 11) is 0. The van der Waals surface area contributed by atoms with Crippen molar-refractivity contribution in [2.24, 2.45) is 0 Å². The highest BCUT2D eigenvalue weighted by molar-refractivity contribution is 7.09. The fraction of sp³-hybridized carbons (Fsp3) is 0.167. The van der Waals surface area contributed by atoms with Crippen molar-refractivity contribution in [1.82, 2.24) is 0 Å². The Morgan fingerprint density at radius 1 is 1.13 bits per heavy atom. The Morgan fingerprint density at radius 3 is 2.47 bits per heavy atom. The lowest BCUT2D eigenvalue weighted by Gasteiger charge is -2.08. The highest BCUT2D eigenvalue weighted by atomic mass is 35.5. The Kier molecular flexibility index (Phi) is 3.68. The van der Waals surface area contributed by atoms with Crippen LogP contribution in [0.3, 0.4) is 0 Å². The molecule has 0 aliphatic rings. The summed E-state index contributed by atoms with van der Waals surface area (Å²) in [5.41, 5.74) is 1.12. The summed E-state index contributed by atoms with van der Waals surface area (Å²) in [6.07, 6.45) is 0.876. The van der Waals surface area contributed by atoms with Crippen LogP contribution in [0.4, 0.5) is 0 Å².